The van der Waals surface area contributed by atoms with E-state index in [9.17, 15) is 28.0 Å². The molecule has 4 rings (SSSR count). The number of halogens is 1. The first kappa shape index (κ1) is 21.1. The van der Waals surface area contributed by atoms with Gasteiger partial charge in [0.1, 0.15) is 6.17 Å². The van der Waals surface area contributed by atoms with Crippen molar-refractivity contribution in [1.29, 1.82) is 5.26 Å². The van der Waals surface area contributed by atoms with Crippen LogP contribution in [0.3, 0.4) is 0 Å². The van der Waals surface area contributed by atoms with Gasteiger partial charge in [0.25, 0.3) is 10.0 Å². The average molecular weight is 444 g/mol. The van der Waals surface area contributed by atoms with Crippen LogP contribution in [0, 0.1) is 11.3 Å². The quantitative estimate of drug-likeness (QED) is 0.701. The lowest BCUT2D eigenvalue weighted by Crippen LogP contribution is -2.37. The molecular formula is C22H22FN3O4S. The van der Waals surface area contributed by atoms with Crippen LogP contribution in [0.25, 0.3) is 0 Å². The molecule has 1 aliphatic carbocycles. The molecule has 0 spiro atoms. The van der Waals surface area contributed by atoms with Crippen LogP contribution in [0.1, 0.15) is 53.1 Å². The van der Waals surface area contributed by atoms with Crippen LogP contribution in [0.5, 0.6) is 0 Å². The number of nitrogens with zero attached hydrogens (tertiary/aromatic N) is 2. The van der Waals surface area contributed by atoms with E-state index in [1.54, 1.807) is 23.1 Å². The fraction of sp³-hybridized carbons (Fsp3) is 0.364. The maximum Gasteiger partial charge on any atom is 0.335 e. The molecule has 0 aromatic heterocycles. The Bertz CT molecular complexity index is 1170. The van der Waals surface area contributed by atoms with Gasteiger partial charge in [0.15, 0.2) is 0 Å². The van der Waals surface area contributed by atoms with Gasteiger partial charge in [0, 0.05) is 13.1 Å². The highest BCUT2D eigenvalue weighted by Crippen LogP contribution is 2.43. The maximum absolute atomic E-state index is 14.0. The Hall–Kier alpha value is -3.12. The average Bonchev–Trinajstić information content (AvgIpc) is 3.58. The molecule has 1 aliphatic heterocycles. The van der Waals surface area contributed by atoms with E-state index in [-0.39, 0.29) is 34.2 Å². The zero-order valence-electron chi connectivity index (χ0n) is 16.7. The third-order valence-electron chi connectivity index (χ3n) is 5.64. The predicted molar refractivity (Wildman–Crippen MR) is 114 cm³/mol. The highest BCUT2D eigenvalue weighted by Gasteiger charge is 2.32. The number of carboxylic acid groups (broad SMARTS) is 1. The molecule has 0 amide bonds. The Morgan fingerprint density at radius 2 is 1.97 bits per heavy atom. The number of rotatable bonds is 6. The zero-order chi connectivity index (χ0) is 22.2. The minimum atomic E-state index is -4.15. The summed E-state index contributed by atoms with van der Waals surface area (Å²) in [5.41, 5.74) is 1.39. The number of sulfonamides is 1. The van der Waals surface area contributed by atoms with E-state index in [1.807, 2.05) is 6.07 Å². The zero-order valence-corrected chi connectivity index (χ0v) is 17.5. The van der Waals surface area contributed by atoms with Crippen molar-refractivity contribution < 1.29 is 22.7 Å². The van der Waals surface area contributed by atoms with Crippen molar-refractivity contribution in [3.63, 3.8) is 0 Å². The molecule has 1 atom stereocenters. The third-order valence-corrected chi connectivity index (χ3v) is 7.06. The van der Waals surface area contributed by atoms with Gasteiger partial charge in [-0.2, -0.15) is 5.26 Å². The van der Waals surface area contributed by atoms with Gasteiger partial charge in [-0.05, 0) is 67.5 Å². The van der Waals surface area contributed by atoms with E-state index in [1.165, 1.54) is 18.2 Å². The van der Waals surface area contributed by atoms with E-state index >= 15 is 0 Å². The van der Waals surface area contributed by atoms with Crippen molar-refractivity contribution in [2.24, 2.45) is 0 Å². The Morgan fingerprint density at radius 1 is 1.19 bits per heavy atom. The molecule has 2 N–H and O–H groups in total. The minimum Gasteiger partial charge on any atom is -0.478 e. The molecule has 2 aromatic carbocycles. The predicted octanol–water partition coefficient (Wildman–Crippen LogP) is 3.87. The van der Waals surface area contributed by atoms with Gasteiger partial charge in [0.2, 0.25) is 0 Å². The third kappa shape index (κ3) is 4.49. The second-order valence-electron chi connectivity index (χ2n) is 7.97. The Morgan fingerprint density at radius 3 is 2.61 bits per heavy atom. The molecule has 0 bridgehead atoms. The molecule has 31 heavy (non-hydrogen) atoms. The molecular weight excluding hydrogens is 421 g/mol. The van der Waals surface area contributed by atoms with Crippen LogP contribution in [-0.4, -0.2) is 38.8 Å². The summed E-state index contributed by atoms with van der Waals surface area (Å²) in [7, 11) is -4.15. The SMILES string of the molecule is N#Cc1ccc(N2CCC[C@@H](F)C2)c(NS(=O)(=O)c2cc(C(=O)O)ccc2C2CC2)c1. The van der Waals surface area contributed by atoms with Crippen LogP contribution in [0.15, 0.2) is 41.3 Å². The number of aromatic carboxylic acids is 1. The largest absolute Gasteiger partial charge is 0.478 e. The number of hydrogen-bond donors (Lipinski definition) is 2. The molecule has 1 saturated carbocycles. The molecule has 0 radical (unpaired) electrons. The lowest BCUT2D eigenvalue weighted by atomic mass is 10.1. The number of benzene rings is 2. The van der Waals surface area contributed by atoms with Crippen molar-refractivity contribution >= 4 is 27.4 Å². The summed E-state index contributed by atoms with van der Waals surface area (Å²) in [5, 5.41) is 18.6. The summed E-state index contributed by atoms with van der Waals surface area (Å²) in [4.78, 5) is 13.1. The molecule has 0 unspecified atom stereocenters. The molecule has 2 aliphatic rings. The fourth-order valence-corrected chi connectivity index (χ4v) is 5.33. The highest BCUT2D eigenvalue weighted by molar-refractivity contribution is 7.92. The second kappa shape index (κ2) is 8.19. The van der Waals surface area contributed by atoms with Gasteiger partial charge in [-0.1, -0.05) is 6.07 Å². The second-order valence-corrected chi connectivity index (χ2v) is 9.62. The summed E-state index contributed by atoms with van der Waals surface area (Å²) in [5.74, 6) is -1.14. The summed E-state index contributed by atoms with van der Waals surface area (Å²) in [6, 6.07) is 10.7. The van der Waals surface area contributed by atoms with Crippen molar-refractivity contribution in [2.45, 2.75) is 42.7 Å². The monoisotopic (exact) mass is 443 g/mol. The van der Waals surface area contributed by atoms with Crippen LogP contribution in [0.4, 0.5) is 15.8 Å². The number of nitriles is 1. The Kier molecular flexibility index (Phi) is 5.58. The first-order valence-corrected chi connectivity index (χ1v) is 11.6. The van der Waals surface area contributed by atoms with E-state index in [0.29, 0.717) is 30.6 Å². The first-order valence-electron chi connectivity index (χ1n) is 10.1. The molecule has 7 nitrogen and oxygen atoms in total. The Labute approximate surface area is 180 Å². The first-order chi connectivity index (χ1) is 14.8. The van der Waals surface area contributed by atoms with Crippen molar-refractivity contribution in [3.8, 4) is 6.07 Å². The number of carbonyl (C=O) groups is 1. The van der Waals surface area contributed by atoms with Gasteiger partial charge in [-0.3, -0.25) is 4.72 Å². The summed E-state index contributed by atoms with van der Waals surface area (Å²) in [6.45, 7) is 0.714. The van der Waals surface area contributed by atoms with Gasteiger partial charge >= 0.3 is 5.97 Å². The lowest BCUT2D eigenvalue weighted by molar-refractivity contribution is 0.0696. The van der Waals surface area contributed by atoms with Crippen molar-refractivity contribution in [3.05, 3.63) is 53.1 Å². The van der Waals surface area contributed by atoms with E-state index in [0.717, 1.165) is 12.8 Å². The van der Waals surface area contributed by atoms with E-state index < -0.39 is 22.2 Å². The smallest absolute Gasteiger partial charge is 0.335 e. The number of carboxylic acids is 1. The molecule has 2 fully saturated rings. The van der Waals surface area contributed by atoms with E-state index in [2.05, 4.69) is 4.72 Å². The van der Waals surface area contributed by atoms with Gasteiger partial charge < -0.3 is 10.0 Å². The lowest BCUT2D eigenvalue weighted by Gasteiger charge is -2.32. The van der Waals surface area contributed by atoms with Crippen LogP contribution in [0.2, 0.25) is 0 Å². The van der Waals surface area contributed by atoms with Gasteiger partial charge in [0.05, 0.1) is 33.5 Å². The normalized spacial score (nSPS) is 19.0. The fourth-order valence-electron chi connectivity index (χ4n) is 3.94. The van der Waals surface area contributed by atoms with Crippen LogP contribution >= 0.6 is 0 Å². The van der Waals surface area contributed by atoms with Crippen LogP contribution < -0.4 is 9.62 Å². The van der Waals surface area contributed by atoms with Crippen LogP contribution in [-0.2, 0) is 10.0 Å². The molecule has 9 heteroatoms. The highest BCUT2D eigenvalue weighted by atomic mass is 32.2. The summed E-state index contributed by atoms with van der Waals surface area (Å²) >= 11 is 0. The van der Waals surface area contributed by atoms with Crippen molar-refractivity contribution in [2.75, 3.05) is 22.7 Å². The van der Waals surface area contributed by atoms with Crippen molar-refractivity contribution in [1.82, 2.24) is 0 Å². The number of nitrogens with one attached hydrogen (secondary N) is 1. The number of piperidine rings is 1. The minimum absolute atomic E-state index is 0.0775. The summed E-state index contributed by atoms with van der Waals surface area (Å²) in [6.07, 6.45) is 1.77. The van der Waals surface area contributed by atoms with Gasteiger partial charge in [-0.25, -0.2) is 17.6 Å². The number of anilines is 2. The number of hydrogen-bond acceptors (Lipinski definition) is 5. The molecule has 2 aromatic rings. The maximum atomic E-state index is 14.0. The van der Waals surface area contributed by atoms with Gasteiger partial charge in [-0.15, -0.1) is 0 Å². The molecule has 1 heterocycles. The standard InChI is InChI=1S/C22H22FN3O4S/c23-17-2-1-9-26(13-17)20-8-3-14(12-24)10-19(20)25-31(29,30)21-11-16(22(27)28)6-7-18(21)15-4-5-15/h3,6-8,10-11,15,17,25H,1-2,4-5,9,13H2,(H,27,28)/t17-/m1/s1. The van der Waals surface area contributed by atoms with E-state index in [4.69, 9.17) is 0 Å². The topological polar surface area (TPSA) is 111 Å². The number of alkyl halides is 1. The molecule has 162 valence electrons. The Balaban J connectivity index is 1.76. The summed E-state index contributed by atoms with van der Waals surface area (Å²) < 4.78 is 43.2. The molecule has 1 saturated heterocycles.